The number of anilines is 1. The molecule has 6 nitrogen and oxygen atoms in total. The number of aromatic amines is 1. The summed E-state index contributed by atoms with van der Waals surface area (Å²) in [5.41, 5.74) is 7.17. The first kappa shape index (κ1) is 16.5. The molecule has 7 heteroatoms. The molecule has 0 aliphatic carbocycles. The predicted octanol–water partition coefficient (Wildman–Crippen LogP) is 2.15. The van der Waals surface area contributed by atoms with Crippen LogP contribution in [0, 0.1) is 17.1 Å². The first-order valence-electron chi connectivity index (χ1n) is 7.38. The third-order valence-electron chi connectivity index (χ3n) is 3.48. The number of aromatic nitrogens is 2. The third kappa shape index (κ3) is 4.54. The molecule has 23 heavy (non-hydrogen) atoms. The highest BCUT2D eigenvalue weighted by molar-refractivity contribution is 5.94. The normalized spacial score (nSPS) is 10.3. The lowest BCUT2D eigenvalue weighted by molar-refractivity contribution is 0.0953. The van der Waals surface area contributed by atoms with Gasteiger partial charge in [-0.15, -0.1) is 0 Å². The van der Waals surface area contributed by atoms with Crippen LogP contribution in [0.2, 0.25) is 0 Å². The molecule has 0 bridgehead atoms. The maximum atomic E-state index is 12.8. The van der Waals surface area contributed by atoms with Crippen molar-refractivity contribution < 1.29 is 9.18 Å². The number of amides is 1. The summed E-state index contributed by atoms with van der Waals surface area (Å²) < 4.78 is 12.8. The average Bonchev–Trinajstić information content (AvgIpc) is 2.91. The molecule has 4 N–H and O–H groups in total. The van der Waals surface area contributed by atoms with E-state index in [2.05, 4.69) is 15.5 Å². The fourth-order valence-electron chi connectivity index (χ4n) is 2.21. The number of unbranched alkanes of at least 4 members (excludes halogenated alkanes) is 2. The van der Waals surface area contributed by atoms with Gasteiger partial charge in [0.05, 0.1) is 5.69 Å². The number of nitrogens with two attached hydrogens (primary N) is 1. The van der Waals surface area contributed by atoms with Gasteiger partial charge < -0.3 is 11.1 Å². The minimum Gasteiger partial charge on any atom is -0.381 e. The molecule has 120 valence electrons. The van der Waals surface area contributed by atoms with E-state index in [1.165, 1.54) is 24.3 Å². The fourth-order valence-corrected chi connectivity index (χ4v) is 2.21. The van der Waals surface area contributed by atoms with Crippen molar-refractivity contribution in [2.24, 2.45) is 0 Å². The van der Waals surface area contributed by atoms with Crippen LogP contribution in [0.25, 0.3) is 0 Å². The standard InChI is InChI=1S/C16H18FN5O/c17-12-7-5-11(6-8-12)16(23)20-9-3-1-2-4-14-13(10-18)15(19)22-21-14/h5-8H,1-4,9H2,(H,20,23)(H3,19,21,22). The molecule has 0 radical (unpaired) electrons. The lowest BCUT2D eigenvalue weighted by atomic mass is 10.1. The Morgan fingerprint density at radius 1 is 1.30 bits per heavy atom. The van der Waals surface area contributed by atoms with Gasteiger partial charge >= 0.3 is 0 Å². The summed E-state index contributed by atoms with van der Waals surface area (Å²) in [4.78, 5) is 11.8. The molecule has 1 amide bonds. The summed E-state index contributed by atoms with van der Waals surface area (Å²) in [6.07, 6.45) is 3.27. The second-order valence-electron chi connectivity index (χ2n) is 5.15. The number of carbonyl (C=O) groups is 1. The SMILES string of the molecule is N#Cc1c(N)n[nH]c1CCCCCNC(=O)c1ccc(F)cc1. The highest BCUT2D eigenvalue weighted by Crippen LogP contribution is 2.14. The van der Waals surface area contributed by atoms with Crippen LogP contribution >= 0.6 is 0 Å². The molecule has 2 rings (SSSR count). The number of aryl methyl sites for hydroxylation is 1. The summed E-state index contributed by atoms with van der Waals surface area (Å²) in [5, 5.41) is 18.3. The maximum absolute atomic E-state index is 12.8. The Kier molecular flexibility index (Phi) is 5.69. The number of H-pyrrole nitrogens is 1. The Bertz CT molecular complexity index is 702. The lowest BCUT2D eigenvalue weighted by Crippen LogP contribution is -2.24. The van der Waals surface area contributed by atoms with E-state index in [1.54, 1.807) is 0 Å². The molecule has 1 aromatic heterocycles. The number of hydrogen-bond acceptors (Lipinski definition) is 4. The molecular weight excluding hydrogens is 297 g/mol. The highest BCUT2D eigenvalue weighted by Gasteiger charge is 2.09. The summed E-state index contributed by atoms with van der Waals surface area (Å²) in [6.45, 7) is 0.548. The second-order valence-corrected chi connectivity index (χ2v) is 5.15. The number of rotatable bonds is 7. The van der Waals surface area contributed by atoms with E-state index in [0.717, 1.165) is 25.0 Å². The van der Waals surface area contributed by atoms with E-state index in [0.29, 0.717) is 24.1 Å². The molecule has 1 heterocycles. The second kappa shape index (κ2) is 7.94. The van der Waals surface area contributed by atoms with Gasteiger partial charge in [-0.2, -0.15) is 10.4 Å². The van der Waals surface area contributed by atoms with Gasteiger partial charge in [-0.25, -0.2) is 4.39 Å². The number of nitrogens with one attached hydrogen (secondary N) is 2. The largest absolute Gasteiger partial charge is 0.381 e. The first-order chi connectivity index (χ1) is 11.1. The Balaban J connectivity index is 1.65. The highest BCUT2D eigenvalue weighted by atomic mass is 19.1. The van der Waals surface area contributed by atoms with Gasteiger partial charge in [-0.1, -0.05) is 6.42 Å². The van der Waals surface area contributed by atoms with Gasteiger partial charge in [-0.05, 0) is 43.5 Å². The van der Waals surface area contributed by atoms with Gasteiger partial charge in [-0.3, -0.25) is 9.89 Å². The van der Waals surface area contributed by atoms with E-state index < -0.39 is 0 Å². The smallest absolute Gasteiger partial charge is 0.251 e. The summed E-state index contributed by atoms with van der Waals surface area (Å²) in [7, 11) is 0. The zero-order chi connectivity index (χ0) is 16.7. The zero-order valence-corrected chi connectivity index (χ0v) is 12.6. The number of hydrogen-bond donors (Lipinski definition) is 3. The van der Waals surface area contributed by atoms with Crippen LogP contribution < -0.4 is 11.1 Å². The van der Waals surface area contributed by atoms with Crippen LogP contribution in [0.1, 0.15) is 40.9 Å². The number of nitrogen functional groups attached to an aromatic ring is 1. The minimum absolute atomic E-state index is 0.210. The number of halogens is 1. The fraction of sp³-hybridized carbons (Fsp3) is 0.312. The van der Waals surface area contributed by atoms with Gasteiger partial charge in [0.1, 0.15) is 17.4 Å². The minimum atomic E-state index is -0.363. The summed E-state index contributed by atoms with van der Waals surface area (Å²) in [6, 6.07) is 7.46. The van der Waals surface area contributed by atoms with E-state index >= 15 is 0 Å². The first-order valence-corrected chi connectivity index (χ1v) is 7.38. The van der Waals surface area contributed by atoms with Crippen molar-refractivity contribution in [2.75, 3.05) is 12.3 Å². The van der Waals surface area contributed by atoms with Crippen molar-refractivity contribution in [3.8, 4) is 6.07 Å². The van der Waals surface area contributed by atoms with E-state index in [-0.39, 0.29) is 17.5 Å². The number of nitriles is 1. The Labute approximate surface area is 133 Å². The molecule has 2 aromatic rings. The molecule has 0 saturated heterocycles. The number of nitrogens with zero attached hydrogens (tertiary/aromatic N) is 2. The Morgan fingerprint density at radius 2 is 2.04 bits per heavy atom. The number of carbonyl (C=O) groups excluding carboxylic acids is 1. The molecular formula is C16H18FN5O. The van der Waals surface area contributed by atoms with Gasteiger partial charge in [0.2, 0.25) is 0 Å². The molecule has 0 aliphatic rings. The van der Waals surface area contributed by atoms with Crippen molar-refractivity contribution in [1.82, 2.24) is 15.5 Å². The molecule has 0 saturated carbocycles. The van der Waals surface area contributed by atoms with Gasteiger partial charge in [0.15, 0.2) is 5.82 Å². The Morgan fingerprint density at radius 3 is 2.74 bits per heavy atom. The van der Waals surface area contributed by atoms with Crippen LogP contribution in [-0.2, 0) is 6.42 Å². The number of benzene rings is 1. The molecule has 0 unspecified atom stereocenters. The topological polar surface area (TPSA) is 108 Å². The summed E-state index contributed by atoms with van der Waals surface area (Å²) in [5.74, 6) is -0.343. The van der Waals surface area contributed by atoms with Gasteiger partial charge in [0, 0.05) is 12.1 Å². The van der Waals surface area contributed by atoms with Crippen LogP contribution in [-0.4, -0.2) is 22.6 Å². The zero-order valence-electron chi connectivity index (χ0n) is 12.6. The van der Waals surface area contributed by atoms with Crippen molar-refractivity contribution in [3.63, 3.8) is 0 Å². The van der Waals surface area contributed by atoms with Gasteiger partial charge in [0.25, 0.3) is 5.91 Å². The van der Waals surface area contributed by atoms with Crippen molar-refractivity contribution in [2.45, 2.75) is 25.7 Å². The van der Waals surface area contributed by atoms with Crippen LogP contribution in [0.3, 0.4) is 0 Å². The average molecular weight is 315 g/mol. The molecule has 0 fully saturated rings. The summed E-state index contributed by atoms with van der Waals surface area (Å²) >= 11 is 0. The molecule has 0 spiro atoms. The molecule has 0 atom stereocenters. The quantitative estimate of drug-likeness (QED) is 0.680. The van der Waals surface area contributed by atoms with Crippen molar-refractivity contribution in [3.05, 3.63) is 46.9 Å². The van der Waals surface area contributed by atoms with Crippen LogP contribution in [0.5, 0.6) is 0 Å². The van der Waals surface area contributed by atoms with E-state index in [1.807, 2.05) is 6.07 Å². The van der Waals surface area contributed by atoms with E-state index in [9.17, 15) is 9.18 Å². The molecule has 1 aromatic carbocycles. The van der Waals surface area contributed by atoms with Crippen molar-refractivity contribution >= 4 is 11.7 Å². The van der Waals surface area contributed by atoms with Crippen LogP contribution in [0.4, 0.5) is 10.2 Å². The van der Waals surface area contributed by atoms with Crippen molar-refractivity contribution in [1.29, 1.82) is 5.26 Å². The maximum Gasteiger partial charge on any atom is 0.251 e. The predicted molar refractivity (Wildman–Crippen MR) is 84.0 cm³/mol. The lowest BCUT2D eigenvalue weighted by Gasteiger charge is -2.05. The Hall–Kier alpha value is -2.88. The van der Waals surface area contributed by atoms with Crippen LogP contribution in [0.15, 0.2) is 24.3 Å². The third-order valence-corrected chi connectivity index (χ3v) is 3.48. The van der Waals surface area contributed by atoms with E-state index in [4.69, 9.17) is 11.0 Å². The monoisotopic (exact) mass is 315 g/mol. The molecule has 0 aliphatic heterocycles.